The molecule has 1 saturated heterocycles. The molecule has 1 amide bonds. The predicted octanol–water partition coefficient (Wildman–Crippen LogP) is 1.37. The molecule has 3 nitrogen and oxygen atoms in total. The lowest BCUT2D eigenvalue weighted by atomic mass is 10.1. The van der Waals surface area contributed by atoms with Crippen LogP contribution >= 0.6 is 24.2 Å². The monoisotopic (exact) mass is 252 g/mol. The van der Waals surface area contributed by atoms with Gasteiger partial charge in [-0.05, 0) is 27.0 Å². The molecule has 1 fully saturated rings. The van der Waals surface area contributed by atoms with E-state index in [-0.39, 0.29) is 23.6 Å². The Morgan fingerprint density at radius 1 is 1.53 bits per heavy atom. The fourth-order valence-electron chi connectivity index (χ4n) is 1.70. The van der Waals surface area contributed by atoms with Gasteiger partial charge in [0.2, 0.25) is 5.91 Å². The summed E-state index contributed by atoms with van der Waals surface area (Å²) >= 11 is 1.62. The highest BCUT2D eigenvalue weighted by molar-refractivity contribution is 7.99. The van der Waals surface area contributed by atoms with Crippen molar-refractivity contribution >= 4 is 30.1 Å². The molecule has 1 N–H and O–H groups in total. The normalized spacial score (nSPS) is 28.1. The molecular weight excluding hydrogens is 232 g/mol. The second-order valence-corrected chi connectivity index (χ2v) is 5.07. The van der Waals surface area contributed by atoms with Gasteiger partial charge in [0.05, 0.1) is 5.25 Å². The molecule has 0 radical (unpaired) electrons. The standard InChI is InChI=1S/C10H20N2OS.ClH/c1-7-8(2)12(6-5-11-7)10(13)9(3)14-4;/h7-9,11H,5-6H2,1-4H3;1H. The molecule has 1 rings (SSSR count). The Balaban J connectivity index is 0.00000196. The topological polar surface area (TPSA) is 32.3 Å². The Hall–Kier alpha value is 0.0700. The first kappa shape index (κ1) is 15.1. The van der Waals surface area contributed by atoms with E-state index in [9.17, 15) is 4.79 Å². The zero-order valence-corrected chi connectivity index (χ0v) is 11.5. The largest absolute Gasteiger partial charge is 0.336 e. The molecule has 0 aromatic heterocycles. The highest BCUT2D eigenvalue weighted by Crippen LogP contribution is 2.15. The van der Waals surface area contributed by atoms with Gasteiger partial charge in [-0.15, -0.1) is 12.4 Å². The van der Waals surface area contributed by atoms with Crippen molar-refractivity contribution in [3.05, 3.63) is 0 Å². The van der Waals surface area contributed by atoms with Crippen LogP contribution in [0, 0.1) is 0 Å². The van der Waals surface area contributed by atoms with E-state index in [0.717, 1.165) is 13.1 Å². The van der Waals surface area contributed by atoms with E-state index in [1.165, 1.54) is 0 Å². The molecule has 15 heavy (non-hydrogen) atoms. The minimum atomic E-state index is 0. The molecule has 0 bridgehead atoms. The van der Waals surface area contributed by atoms with Crippen LogP contribution in [0.1, 0.15) is 20.8 Å². The van der Waals surface area contributed by atoms with Crippen LogP contribution in [0.3, 0.4) is 0 Å². The number of rotatable bonds is 2. The van der Waals surface area contributed by atoms with Crippen LogP contribution in [0.2, 0.25) is 0 Å². The second kappa shape index (κ2) is 6.61. The molecule has 1 aliphatic heterocycles. The smallest absolute Gasteiger partial charge is 0.235 e. The van der Waals surface area contributed by atoms with Gasteiger partial charge in [-0.2, -0.15) is 11.8 Å². The lowest BCUT2D eigenvalue weighted by Gasteiger charge is -2.39. The second-order valence-electron chi connectivity index (χ2n) is 3.89. The molecule has 0 spiro atoms. The maximum absolute atomic E-state index is 12.0. The first-order chi connectivity index (χ1) is 6.57. The number of amides is 1. The third kappa shape index (κ3) is 3.54. The third-order valence-corrected chi connectivity index (χ3v) is 3.93. The van der Waals surface area contributed by atoms with Gasteiger partial charge < -0.3 is 10.2 Å². The van der Waals surface area contributed by atoms with E-state index in [2.05, 4.69) is 19.2 Å². The lowest BCUT2D eigenvalue weighted by molar-refractivity contribution is -0.133. The molecule has 0 saturated carbocycles. The minimum absolute atomic E-state index is 0. The van der Waals surface area contributed by atoms with Crippen LogP contribution in [0.5, 0.6) is 0 Å². The molecule has 5 heteroatoms. The van der Waals surface area contributed by atoms with Gasteiger partial charge in [-0.3, -0.25) is 4.79 Å². The van der Waals surface area contributed by atoms with E-state index >= 15 is 0 Å². The van der Waals surface area contributed by atoms with Crippen molar-refractivity contribution in [3.8, 4) is 0 Å². The van der Waals surface area contributed by atoms with E-state index in [1.807, 2.05) is 18.1 Å². The summed E-state index contributed by atoms with van der Waals surface area (Å²) in [6.45, 7) is 7.98. The Morgan fingerprint density at radius 3 is 2.67 bits per heavy atom. The predicted molar refractivity (Wildman–Crippen MR) is 68.9 cm³/mol. The average Bonchev–Trinajstić information content (AvgIpc) is 2.20. The first-order valence-corrected chi connectivity index (χ1v) is 6.43. The number of piperazine rings is 1. The van der Waals surface area contributed by atoms with Crippen molar-refractivity contribution < 1.29 is 4.79 Å². The van der Waals surface area contributed by atoms with E-state index in [1.54, 1.807) is 11.8 Å². The summed E-state index contributed by atoms with van der Waals surface area (Å²) in [7, 11) is 0. The van der Waals surface area contributed by atoms with Gasteiger partial charge in [0.1, 0.15) is 0 Å². The maximum Gasteiger partial charge on any atom is 0.235 e. The van der Waals surface area contributed by atoms with Crippen molar-refractivity contribution in [3.63, 3.8) is 0 Å². The quantitative estimate of drug-likeness (QED) is 0.806. The Morgan fingerprint density at radius 2 is 2.13 bits per heavy atom. The number of thioether (sulfide) groups is 1. The minimum Gasteiger partial charge on any atom is -0.336 e. The zero-order valence-electron chi connectivity index (χ0n) is 9.82. The summed E-state index contributed by atoms with van der Waals surface area (Å²) in [5.74, 6) is 0.276. The number of hydrogen-bond acceptors (Lipinski definition) is 3. The van der Waals surface area contributed by atoms with Crippen molar-refractivity contribution in [2.24, 2.45) is 0 Å². The van der Waals surface area contributed by atoms with Gasteiger partial charge in [0.15, 0.2) is 0 Å². The van der Waals surface area contributed by atoms with Crippen molar-refractivity contribution in [1.82, 2.24) is 10.2 Å². The zero-order chi connectivity index (χ0) is 10.7. The molecule has 0 aromatic carbocycles. The first-order valence-electron chi connectivity index (χ1n) is 5.14. The molecule has 3 unspecified atom stereocenters. The number of carbonyl (C=O) groups is 1. The fourth-order valence-corrected chi connectivity index (χ4v) is 2.04. The SMILES string of the molecule is CSC(C)C(=O)N1CCNC(C)C1C.Cl. The Bertz CT molecular complexity index is 216. The molecular formula is C10H21ClN2OS. The summed E-state index contributed by atoms with van der Waals surface area (Å²) in [6, 6.07) is 0.715. The third-order valence-electron chi connectivity index (χ3n) is 3.02. The number of nitrogens with zero attached hydrogens (tertiary/aromatic N) is 1. The highest BCUT2D eigenvalue weighted by atomic mass is 35.5. The van der Waals surface area contributed by atoms with Crippen LogP contribution in [0.4, 0.5) is 0 Å². The molecule has 1 heterocycles. The molecule has 90 valence electrons. The van der Waals surface area contributed by atoms with Crippen LogP contribution in [0.25, 0.3) is 0 Å². The van der Waals surface area contributed by atoms with Crippen LogP contribution in [-0.2, 0) is 4.79 Å². The van der Waals surface area contributed by atoms with Gasteiger partial charge >= 0.3 is 0 Å². The molecule has 3 atom stereocenters. The van der Waals surface area contributed by atoms with E-state index in [4.69, 9.17) is 0 Å². The van der Waals surface area contributed by atoms with Crippen LogP contribution in [0.15, 0.2) is 0 Å². The van der Waals surface area contributed by atoms with Gasteiger partial charge in [0.25, 0.3) is 0 Å². The molecule has 1 aliphatic rings. The summed E-state index contributed by atoms with van der Waals surface area (Å²) in [5, 5.41) is 3.46. The number of halogens is 1. The van der Waals surface area contributed by atoms with Crippen molar-refractivity contribution in [2.75, 3.05) is 19.3 Å². The van der Waals surface area contributed by atoms with Crippen molar-refractivity contribution in [1.29, 1.82) is 0 Å². The summed E-state index contributed by atoms with van der Waals surface area (Å²) in [6.07, 6.45) is 1.98. The summed E-state index contributed by atoms with van der Waals surface area (Å²) < 4.78 is 0. The number of nitrogens with one attached hydrogen (secondary N) is 1. The van der Waals surface area contributed by atoms with Crippen LogP contribution < -0.4 is 5.32 Å². The van der Waals surface area contributed by atoms with Gasteiger partial charge in [-0.1, -0.05) is 0 Å². The summed E-state index contributed by atoms with van der Waals surface area (Å²) in [4.78, 5) is 14.0. The van der Waals surface area contributed by atoms with Gasteiger partial charge in [0, 0.05) is 25.2 Å². The van der Waals surface area contributed by atoms with E-state index < -0.39 is 0 Å². The fraction of sp³-hybridized carbons (Fsp3) is 0.900. The summed E-state index contributed by atoms with van der Waals surface area (Å²) in [5.41, 5.74) is 0. The molecule has 0 aromatic rings. The van der Waals surface area contributed by atoms with Crippen molar-refractivity contribution in [2.45, 2.75) is 38.1 Å². The number of hydrogen-bond donors (Lipinski definition) is 1. The lowest BCUT2D eigenvalue weighted by Crippen LogP contribution is -2.58. The maximum atomic E-state index is 12.0. The Kier molecular flexibility index (Phi) is 6.64. The number of carbonyl (C=O) groups excluding carboxylic acids is 1. The van der Waals surface area contributed by atoms with Crippen LogP contribution in [-0.4, -0.2) is 47.5 Å². The highest BCUT2D eigenvalue weighted by Gasteiger charge is 2.30. The molecule has 0 aliphatic carbocycles. The Labute approximate surface area is 103 Å². The average molecular weight is 253 g/mol. The van der Waals surface area contributed by atoms with Gasteiger partial charge in [-0.25, -0.2) is 0 Å². The van der Waals surface area contributed by atoms with E-state index in [0.29, 0.717) is 12.1 Å².